The minimum atomic E-state index is -0.383. The SMILES string of the molecule is CC(C)c1ccc(-c2ccc([N+](=O)[O-])cc2)cc1. The van der Waals surface area contributed by atoms with Crippen LogP contribution in [0.2, 0.25) is 0 Å². The van der Waals surface area contributed by atoms with Crippen LogP contribution in [-0.4, -0.2) is 4.92 Å². The van der Waals surface area contributed by atoms with Crippen LogP contribution in [0.5, 0.6) is 0 Å². The Kier molecular flexibility index (Phi) is 3.42. The molecular weight excluding hydrogens is 226 g/mol. The highest BCUT2D eigenvalue weighted by Gasteiger charge is 2.05. The molecule has 0 amide bonds. The van der Waals surface area contributed by atoms with E-state index in [1.54, 1.807) is 12.1 Å². The number of hydrogen-bond donors (Lipinski definition) is 0. The maximum absolute atomic E-state index is 10.6. The van der Waals surface area contributed by atoms with Crippen molar-refractivity contribution in [3.8, 4) is 11.1 Å². The largest absolute Gasteiger partial charge is 0.269 e. The molecule has 2 rings (SSSR count). The third-order valence-corrected chi connectivity index (χ3v) is 2.99. The molecule has 0 N–H and O–H groups in total. The van der Waals surface area contributed by atoms with Gasteiger partial charge in [0.05, 0.1) is 4.92 Å². The van der Waals surface area contributed by atoms with E-state index >= 15 is 0 Å². The quantitative estimate of drug-likeness (QED) is 0.591. The Morgan fingerprint density at radius 3 is 1.72 bits per heavy atom. The smallest absolute Gasteiger partial charge is 0.258 e. The summed E-state index contributed by atoms with van der Waals surface area (Å²) in [7, 11) is 0. The number of nitro groups is 1. The first-order valence-electron chi connectivity index (χ1n) is 5.92. The van der Waals surface area contributed by atoms with Crippen molar-refractivity contribution in [2.45, 2.75) is 19.8 Å². The average Bonchev–Trinajstić information content (AvgIpc) is 2.39. The zero-order valence-corrected chi connectivity index (χ0v) is 10.5. The number of non-ortho nitro benzene ring substituents is 1. The molecule has 0 saturated heterocycles. The molecule has 0 atom stereocenters. The Morgan fingerprint density at radius 2 is 1.33 bits per heavy atom. The number of rotatable bonds is 3. The summed E-state index contributed by atoms with van der Waals surface area (Å²) in [4.78, 5) is 10.2. The van der Waals surface area contributed by atoms with Crippen LogP contribution in [0.15, 0.2) is 48.5 Å². The van der Waals surface area contributed by atoms with E-state index in [4.69, 9.17) is 0 Å². The second kappa shape index (κ2) is 5.00. The van der Waals surface area contributed by atoms with Gasteiger partial charge in [0, 0.05) is 12.1 Å². The highest BCUT2D eigenvalue weighted by molar-refractivity contribution is 5.65. The summed E-state index contributed by atoms with van der Waals surface area (Å²) >= 11 is 0. The molecule has 0 unspecified atom stereocenters. The fourth-order valence-electron chi connectivity index (χ4n) is 1.84. The normalized spacial score (nSPS) is 10.6. The van der Waals surface area contributed by atoms with Gasteiger partial charge in [-0.25, -0.2) is 0 Å². The van der Waals surface area contributed by atoms with Crippen molar-refractivity contribution in [3.63, 3.8) is 0 Å². The molecule has 0 saturated carbocycles. The van der Waals surface area contributed by atoms with Crippen LogP contribution < -0.4 is 0 Å². The fraction of sp³-hybridized carbons (Fsp3) is 0.200. The first-order valence-corrected chi connectivity index (χ1v) is 5.92. The predicted molar refractivity (Wildman–Crippen MR) is 72.6 cm³/mol. The van der Waals surface area contributed by atoms with Gasteiger partial charge in [-0.05, 0) is 34.7 Å². The molecule has 18 heavy (non-hydrogen) atoms. The summed E-state index contributed by atoms with van der Waals surface area (Å²) in [6.07, 6.45) is 0. The van der Waals surface area contributed by atoms with Crippen molar-refractivity contribution in [3.05, 3.63) is 64.2 Å². The first-order chi connectivity index (χ1) is 8.58. The zero-order chi connectivity index (χ0) is 13.1. The number of benzene rings is 2. The first kappa shape index (κ1) is 12.3. The molecule has 0 aliphatic rings. The average molecular weight is 241 g/mol. The summed E-state index contributed by atoms with van der Waals surface area (Å²) in [5.41, 5.74) is 3.49. The summed E-state index contributed by atoms with van der Waals surface area (Å²) in [6.45, 7) is 4.31. The molecule has 3 nitrogen and oxygen atoms in total. The molecule has 2 aromatic rings. The van der Waals surface area contributed by atoms with Crippen LogP contribution in [-0.2, 0) is 0 Å². The molecule has 2 aromatic carbocycles. The van der Waals surface area contributed by atoms with Gasteiger partial charge in [-0.1, -0.05) is 38.1 Å². The minimum absolute atomic E-state index is 0.123. The molecule has 0 spiro atoms. The second-order valence-corrected chi connectivity index (χ2v) is 4.58. The standard InChI is InChI=1S/C15H15NO2/c1-11(2)12-3-5-13(6-4-12)14-7-9-15(10-8-14)16(17)18/h3-11H,1-2H3. The summed E-state index contributed by atoms with van der Waals surface area (Å²) in [6, 6.07) is 14.9. The van der Waals surface area contributed by atoms with Crippen molar-refractivity contribution < 1.29 is 4.92 Å². The van der Waals surface area contributed by atoms with Crippen LogP contribution in [0.3, 0.4) is 0 Å². The summed E-state index contributed by atoms with van der Waals surface area (Å²) in [5.74, 6) is 0.510. The van der Waals surface area contributed by atoms with E-state index in [0.717, 1.165) is 11.1 Å². The van der Waals surface area contributed by atoms with Gasteiger partial charge in [-0.3, -0.25) is 10.1 Å². The molecule has 0 aliphatic heterocycles. The maximum Gasteiger partial charge on any atom is 0.269 e. The molecule has 0 radical (unpaired) electrons. The summed E-state index contributed by atoms with van der Waals surface area (Å²) < 4.78 is 0. The van der Waals surface area contributed by atoms with Crippen molar-refractivity contribution in [1.29, 1.82) is 0 Å². The van der Waals surface area contributed by atoms with Crippen molar-refractivity contribution >= 4 is 5.69 Å². The van der Waals surface area contributed by atoms with Crippen LogP contribution in [0, 0.1) is 10.1 Å². The number of nitro benzene ring substituents is 1. The fourth-order valence-corrected chi connectivity index (χ4v) is 1.84. The Hall–Kier alpha value is -2.16. The van der Waals surface area contributed by atoms with Crippen molar-refractivity contribution in [1.82, 2.24) is 0 Å². The monoisotopic (exact) mass is 241 g/mol. The Morgan fingerprint density at radius 1 is 0.889 bits per heavy atom. The molecule has 0 bridgehead atoms. The van der Waals surface area contributed by atoms with Crippen LogP contribution in [0.25, 0.3) is 11.1 Å². The summed E-state index contributed by atoms with van der Waals surface area (Å²) in [5, 5.41) is 10.6. The Bertz CT molecular complexity index is 542. The van der Waals surface area contributed by atoms with Gasteiger partial charge in [0.1, 0.15) is 0 Å². The Labute approximate surface area is 106 Å². The minimum Gasteiger partial charge on any atom is -0.258 e. The van der Waals surface area contributed by atoms with E-state index in [1.165, 1.54) is 17.7 Å². The van der Waals surface area contributed by atoms with Gasteiger partial charge >= 0.3 is 0 Å². The van der Waals surface area contributed by atoms with E-state index in [2.05, 4.69) is 38.1 Å². The van der Waals surface area contributed by atoms with Crippen LogP contribution in [0.4, 0.5) is 5.69 Å². The lowest BCUT2D eigenvalue weighted by Gasteiger charge is -2.07. The maximum atomic E-state index is 10.6. The highest BCUT2D eigenvalue weighted by atomic mass is 16.6. The predicted octanol–water partition coefficient (Wildman–Crippen LogP) is 4.39. The topological polar surface area (TPSA) is 43.1 Å². The van der Waals surface area contributed by atoms with Crippen molar-refractivity contribution in [2.24, 2.45) is 0 Å². The van der Waals surface area contributed by atoms with Crippen LogP contribution >= 0.6 is 0 Å². The zero-order valence-electron chi connectivity index (χ0n) is 10.5. The lowest BCUT2D eigenvalue weighted by Crippen LogP contribution is -1.88. The Balaban J connectivity index is 2.28. The van der Waals surface area contributed by atoms with E-state index in [1.807, 2.05) is 0 Å². The van der Waals surface area contributed by atoms with Crippen LogP contribution in [0.1, 0.15) is 25.3 Å². The van der Waals surface area contributed by atoms with E-state index in [9.17, 15) is 10.1 Å². The third kappa shape index (κ3) is 2.56. The van der Waals surface area contributed by atoms with Crippen molar-refractivity contribution in [2.75, 3.05) is 0 Å². The highest BCUT2D eigenvalue weighted by Crippen LogP contribution is 2.24. The second-order valence-electron chi connectivity index (χ2n) is 4.58. The van der Waals surface area contributed by atoms with Gasteiger partial charge in [0.25, 0.3) is 5.69 Å². The molecule has 92 valence electrons. The third-order valence-electron chi connectivity index (χ3n) is 2.99. The van der Waals surface area contributed by atoms with Gasteiger partial charge < -0.3 is 0 Å². The molecule has 0 fully saturated rings. The van der Waals surface area contributed by atoms with E-state index in [0.29, 0.717) is 5.92 Å². The number of hydrogen-bond acceptors (Lipinski definition) is 2. The number of nitrogens with zero attached hydrogens (tertiary/aromatic N) is 1. The molecule has 0 aromatic heterocycles. The molecule has 0 heterocycles. The lowest BCUT2D eigenvalue weighted by atomic mass is 9.99. The molecular formula is C15H15NO2. The van der Waals surface area contributed by atoms with Gasteiger partial charge in [0.15, 0.2) is 0 Å². The van der Waals surface area contributed by atoms with Gasteiger partial charge in [-0.15, -0.1) is 0 Å². The van der Waals surface area contributed by atoms with E-state index < -0.39 is 0 Å². The molecule has 3 heteroatoms. The van der Waals surface area contributed by atoms with E-state index in [-0.39, 0.29) is 10.6 Å². The van der Waals surface area contributed by atoms with Gasteiger partial charge in [0.2, 0.25) is 0 Å². The molecule has 0 aliphatic carbocycles. The van der Waals surface area contributed by atoms with Gasteiger partial charge in [-0.2, -0.15) is 0 Å². The lowest BCUT2D eigenvalue weighted by molar-refractivity contribution is -0.384.